The van der Waals surface area contributed by atoms with Crippen LogP contribution in [0.25, 0.3) is 0 Å². The molecule has 3 rings (SSSR count). The maximum Gasteiger partial charge on any atom is 0.389 e. The molecule has 1 fully saturated rings. The van der Waals surface area contributed by atoms with Crippen molar-refractivity contribution in [3.8, 4) is 11.5 Å². The van der Waals surface area contributed by atoms with Gasteiger partial charge < -0.3 is 29.4 Å². The van der Waals surface area contributed by atoms with E-state index in [1.54, 1.807) is 6.92 Å². The Kier molecular flexibility index (Phi) is 10.3. The van der Waals surface area contributed by atoms with Gasteiger partial charge in [-0.05, 0) is 25.3 Å². The third-order valence-electron chi connectivity index (χ3n) is 6.01. The predicted octanol–water partition coefficient (Wildman–Crippen LogP) is 3.44. The minimum absolute atomic E-state index is 0.0290. The van der Waals surface area contributed by atoms with E-state index in [9.17, 15) is 27.9 Å². The second kappa shape index (κ2) is 13.4. The van der Waals surface area contributed by atoms with Crippen LogP contribution in [-0.2, 0) is 25.4 Å². The van der Waals surface area contributed by atoms with Gasteiger partial charge in [0.2, 0.25) is 0 Å². The molecular formula is C26H31F3N2O7. The van der Waals surface area contributed by atoms with Gasteiger partial charge in [0.1, 0.15) is 6.10 Å². The van der Waals surface area contributed by atoms with Crippen molar-refractivity contribution in [3.63, 3.8) is 0 Å². The molecule has 2 N–H and O–H groups in total. The number of cyclic esters (lactones) is 1. The Bertz CT molecular complexity index is 1070. The molecule has 2 aromatic rings. The second-order valence-corrected chi connectivity index (χ2v) is 8.92. The molecule has 1 aliphatic heterocycles. The van der Waals surface area contributed by atoms with E-state index in [1.165, 1.54) is 19.4 Å². The van der Waals surface area contributed by atoms with E-state index in [0.29, 0.717) is 6.42 Å². The number of esters is 1. The zero-order valence-electron chi connectivity index (χ0n) is 21.1. The molecule has 1 saturated heterocycles. The molecule has 1 aromatic carbocycles. The molecule has 0 radical (unpaired) electrons. The van der Waals surface area contributed by atoms with Gasteiger partial charge in [0.15, 0.2) is 23.2 Å². The van der Waals surface area contributed by atoms with Crippen molar-refractivity contribution in [3.05, 3.63) is 53.9 Å². The Labute approximate surface area is 218 Å². The summed E-state index contributed by atoms with van der Waals surface area (Å²) in [6.45, 7) is 1.26. The zero-order chi connectivity index (χ0) is 27.7. The third kappa shape index (κ3) is 8.32. The van der Waals surface area contributed by atoms with Gasteiger partial charge in [-0.3, -0.25) is 4.79 Å². The van der Waals surface area contributed by atoms with Crippen LogP contribution in [0.3, 0.4) is 0 Å². The van der Waals surface area contributed by atoms with E-state index in [4.69, 9.17) is 18.9 Å². The number of benzene rings is 1. The fraction of sp³-hybridized carbons (Fsp3) is 0.500. The topological polar surface area (TPSA) is 116 Å². The highest BCUT2D eigenvalue weighted by Gasteiger charge is 2.36. The summed E-state index contributed by atoms with van der Waals surface area (Å²) in [5, 5.41) is 12.7. The molecule has 12 heteroatoms. The van der Waals surface area contributed by atoms with Crippen molar-refractivity contribution < 1.29 is 46.8 Å². The van der Waals surface area contributed by atoms with Crippen molar-refractivity contribution in [1.29, 1.82) is 0 Å². The van der Waals surface area contributed by atoms with Crippen molar-refractivity contribution in [2.24, 2.45) is 5.92 Å². The van der Waals surface area contributed by atoms with Crippen LogP contribution in [-0.4, -0.2) is 73.3 Å². The monoisotopic (exact) mass is 540 g/mol. The van der Waals surface area contributed by atoms with Gasteiger partial charge in [-0.2, -0.15) is 13.2 Å². The number of ether oxygens (including phenoxy) is 4. The molecule has 9 nitrogen and oxygen atoms in total. The molecule has 1 amide bonds. The summed E-state index contributed by atoms with van der Waals surface area (Å²) in [6, 6.07) is 9.52. The van der Waals surface area contributed by atoms with E-state index in [2.05, 4.69) is 10.3 Å². The van der Waals surface area contributed by atoms with Crippen molar-refractivity contribution in [2.75, 3.05) is 26.9 Å². The number of halogens is 3. The number of carbonyl (C=O) groups is 2. The fourth-order valence-corrected chi connectivity index (χ4v) is 4.17. The van der Waals surface area contributed by atoms with Crippen LogP contribution in [0, 0.1) is 5.92 Å². The number of pyridine rings is 1. The van der Waals surface area contributed by atoms with Gasteiger partial charge in [0.25, 0.3) is 5.91 Å². The first-order chi connectivity index (χ1) is 18.1. The molecule has 208 valence electrons. The molecule has 4 atom stereocenters. The predicted molar refractivity (Wildman–Crippen MR) is 129 cm³/mol. The molecule has 0 saturated carbocycles. The van der Waals surface area contributed by atoms with Gasteiger partial charge in [-0.25, -0.2) is 9.78 Å². The Morgan fingerprint density at radius 1 is 1.21 bits per heavy atom. The summed E-state index contributed by atoms with van der Waals surface area (Å²) in [4.78, 5) is 29.6. The largest absolute Gasteiger partial charge is 0.503 e. The molecule has 0 bridgehead atoms. The van der Waals surface area contributed by atoms with Crippen LogP contribution in [0.4, 0.5) is 13.2 Å². The fourth-order valence-electron chi connectivity index (χ4n) is 4.17. The van der Waals surface area contributed by atoms with Crippen molar-refractivity contribution >= 4 is 11.9 Å². The lowest BCUT2D eigenvalue weighted by Gasteiger charge is -2.31. The number of aromatic hydroxyl groups is 1. The Morgan fingerprint density at radius 2 is 1.95 bits per heavy atom. The molecule has 38 heavy (non-hydrogen) atoms. The van der Waals surface area contributed by atoms with Crippen LogP contribution >= 0.6 is 0 Å². The summed E-state index contributed by atoms with van der Waals surface area (Å²) in [6.07, 6.45) is -5.42. The number of methoxy groups -OCH3 is 1. The van der Waals surface area contributed by atoms with Gasteiger partial charge in [-0.15, -0.1) is 0 Å². The van der Waals surface area contributed by atoms with Crippen molar-refractivity contribution in [1.82, 2.24) is 10.3 Å². The average Bonchev–Trinajstić information content (AvgIpc) is 2.91. The minimum Gasteiger partial charge on any atom is -0.503 e. The highest BCUT2D eigenvalue weighted by Crippen LogP contribution is 2.28. The highest BCUT2D eigenvalue weighted by molar-refractivity contribution is 5.98. The maximum absolute atomic E-state index is 12.9. The summed E-state index contributed by atoms with van der Waals surface area (Å²) in [7, 11) is 1.31. The molecule has 0 aliphatic carbocycles. The zero-order valence-corrected chi connectivity index (χ0v) is 21.1. The van der Waals surface area contributed by atoms with Crippen LogP contribution in [0.2, 0.25) is 0 Å². The number of aromatic nitrogens is 1. The first-order valence-electron chi connectivity index (χ1n) is 12.1. The van der Waals surface area contributed by atoms with Crippen LogP contribution in [0.15, 0.2) is 42.6 Å². The Morgan fingerprint density at radius 3 is 2.63 bits per heavy atom. The lowest BCUT2D eigenvalue weighted by atomic mass is 9.91. The summed E-state index contributed by atoms with van der Waals surface area (Å²) in [5.74, 6) is -2.49. The first kappa shape index (κ1) is 29.2. The highest BCUT2D eigenvalue weighted by atomic mass is 19.4. The quantitative estimate of drug-likeness (QED) is 0.367. The number of nitrogens with one attached hydrogen (secondary N) is 1. The van der Waals surface area contributed by atoms with Crippen molar-refractivity contribution in [2.45, 2.75) is 50.6 Å². The number of alkyl halides is 3. The van der Waals surface area contributed by atoms with Gasteiger partial charge >= 0.3 is 12.1 Å². The minimum atomic E-state index is -4.30. The van der Waals surface area contributed by atoms with Gasteiger partial charge in [0, 0.05) is 31.2 Å². The van der Waals surface area contributed by atoms with E-state index < -0.39 is 48.5 Å². The number of hydrogen-bond donors (Lipinski definition) is 2. The number of nitrogens with zero attached hydrogens (tertiary/aromatic N) is 1. The second-order valence-electron chi connectivity index (χ2n) is 8.92. The van der Waals surface area contributed by atoms with E-state index in [0.717, 1.165) is 5.56 Å². The maximum atomic E-state index is 12.9. The van der Waals surface area contributed by atoms with E-state index in [-0.39, 0.29) is 43.6 Å². The van der Waals surface area contributed by atoms with Crippen LogP contribution in [0.5, 0.6) is 11.5 Å². The lowest BCUT2D eigenvalue weighted by Crippen LogP contribution is -2.46. The van der Waals surface area contributed by atoms with Crippen LogP contribution < -0.4 is 10.1 Å². The smallest absolute Gasteiger partial charge is 0.389 e. The summed E-state index contributed by atoms with van der Waals surface area (Å²) < 4.78 is 60.0. The van der Waals surface area contributed by atoms with E-state index >= 15 is 0 Å². The first-order valence-corrected chi connectivity index (χ1v) is 12.1. The number of hydrogen-bond acceptors (Lipinski definition) is 8. The standard InChI is InChI=1S/C26H31F3N2O7/c1-16-23(37-12-6-10-26(27,28)29)18(13-17-7-4-3-5-8-17)14-36-15-19(25(34)38-16)31-24(33)21-22(32)20(35-2)9-11-30-21/h3-5,7-9,11,16,18-19,23,32H,6,10,12-15H2,1-2H3,(H,31,33)/t16-,18-,19-,23-/m0/s1. The van der Waals surface area contributed by atoms with Gasteiger partial charge in [-0.1, -0.05) is 30.3 Å². The number of amides is 1. The third-order valence-corrected chi connectivity index (χ3v) is 6.01. The van der Waals surface area contributed by atoms with E-state index in [1.807, 2.05) is 30.3 Å². The Hall–Kier alpha value is -3.38. The molecule has 1 aromatic heterocycles. The van der Waals surface area contributed by atoms with Crippen LogP contribution in [0.1, 0.15) is 35.8 Å². The summed E-state index contributed by atoms with van der Waals surface area (Å²) >= 11 is 0. The molecular weight excluding hydrogens is 509 g/mol. The normalized spacial score (nSPS) is 22.5. The molecule has 1 aliphatic rings. The SMILES string of the molecule is COc1ccnc(C(=O)N[C@H]2COC[C@H](Cc3ccccc3)[C@@H](OCCCC(F)(F)F)[C@H](C)OC2=O)c1O. The van der Waals surface area contributed by atoms with Gasteiger partial charge in [0.05, 0.1) is 26.4 Å². The molecule has 2 heterocycles. The lowest BCUT2D eigenvalue weighted by molar-refractivity contribution is -0.162. The number of rotatable bonds is 9. The molecule has 0 unspecified atom stereocenters. The average molecular weight is 541 g/mol. The number of carbonyl (C=O) groups excluding carboxylic acids is 2. The summed E-state index contributed by atoms with van der Waals surface area (Å²) in [5.41, 5.74) is 0.602. The molecule has 0 spiro atoms. The Balaban J connectivity index is 1.75.